The average Bonchev–Trinajstić information content (AvgIpc) is 2.94. The minimum absolute atomic E-state index is 0.176. The number of fused-ring (bicyclic) bond motifs is 1. The Bertz CT molecular complexity index is 762. The molecule has 2 heterocycles. The molecule has 0 fully saturated rings. The van der Waals surface area contributed by atoms with Crippen LogP contribution in [0.15, 0.2) is 48.8 Å². The molecule has 4 heteroatoms. The summed E-state index contributed by atoms with van der Waals surface area (Å²) < 4.78 is 15.9. The van der Waals surface area contributed by atoms with Crippen molar-refractivity contribution in [2.45, 2.75) is 26.4 Å². The number of imidazole rings is 1. The van der Waals surface area contributed by atoms with Gasteiger partial charge in [0.05, 0.1) is 5.69 Å². The number of nitrogens with zero attached hydrogens (tertiary/aromatic N) is 2. The largest absolute Gasteiger partial charge is 0.310 e. The quantitative estimate of drug-likeness (QED) is 0.792. The van der Waals surface area contributed by atoms with Crippen molar-refractivity contribution in [2.24, 2.45) is 0 Å². The number of hydrogen-bond acceptors (Lipinski definition) is 2. The Hall–Kier alpha value is -2.20. The van der Waals surface area contributed by atoms with E-state index < -0.39 is 0 Å². The van der Waals surface area contributed by atoms with Crippen LogP contribution in [0.25, 0.3) is 16.9 Å². The van der Waals surface area contributed by atoms with Crippen molar-refractivity contribution >= 4 is 5.65 Å². The summed E-state index contributed by atoms with van der Waals surface area (Å²) in [5.41, 5.74) is 3.56. The number of benzene rings is 1. The summed E-state index contributed by atoms with van der Waals surface area (Å²) in [5, 5.41) is 3.25. The summed E-state index contributed by atoms with van der Waals surface area (Å²) in [4.78, 5) is 4.28. The lowest BCUT2D eigenvalue weighted by Crippen LogP contribution is -2.22. The van der Waals surface area contributed by atoms with Gasteiger partial charge in [-0.3, -0.25) is 4.40 Å². The van der Waals surface area contributed by atoms with E-state index in [-0.39, 0.29) is 5.82 Å². The molecular formula is C17H18FN3. The molecule has 0 amide bonds. The van der Waals surface area contributed by atoms with Crippen LogP contribution in [0.1, 0.15) is 19.4 Å². The van der Waals surface area contributed by atoms with Gasteiger partial charge in [0.2, 0.25) is 0 Å². The summed E-state index contributed by atoms with van der Waals surface area (Å²) in [7, 11) is 0. The molecule has 3 rings (SSSR count). The van der Waals surface area contributed by atoms with Gasteiger partial charge in [-0.2, -0.15) is 0 Å². The monoisotopic (exact) mass is 283 g/mol. The highest BCUT2D eigenvalue weighted by molar-refractivity contribution is 5.64. The van der Waals surface area contributed by atoms with Crippen molar-refractivity contribution in [3.8, 4) is 11.3 Å². The Labute approximate surface area is 123 Å². The van der Waals surface area contributed by atoms with Crippen LogP contribution in [0.4, 0.5) is 4.39 Å². The maximum atomic E-state index is 13.9. The van der Waals surface area contributed by atoms with Gasteiger partial charge in [-0.25, -0.2) is 9.37 Å². The maximum absolute atomic E-state index is 13.9. The van der Waals surface area contributed by atoms with Crippen LogP contribution in [-0.4, -0.2) is 15.4 Å². The normalized spacial score (nSPS) is 11.4. The fourth-order valence-corrected chi connectivity index (χ4v) is 2.37. The van der Waals surface area contributed by atoms with Crippen molar-refractivity contribution in [1.29, 1.82) is 0 Å². The number of nitrogens with one attached hydrogen (secondary N) is 1. The SMILES string of the molecule is CC(C)NCc1cc(-c2cccc3nccn23)ccc1F. The second kappa shape index (κ2) is 5.66. The van der Waals surface area contributed by atoms with Gasteiger partial charge in [-0.05, 0) is 35.9 Å². The van der Waals surface area contributed by atoms with E-state index in [1.54, 1.807) is 6.20 Å². The van der Waals surface area contributed by atoms with E-state index >= 15 is 0 Å². The third-order valence-corrected chi connectivity index (χ3v) is 3.47. The second-order valence-electron chi connectivity index (χ2n) is 5.41. The predicted molar refractivity (Wildman–Crippen MR) is 82.6 cm³/mol. The minimum atomic E-state index is -0.176. The number of pyridine rings is 1. The third kappa shape index (κ3) is 2.81. The highest BCUT2D eigenvalue weighted by atomic mass is 19.1. The van der Waals surface area contributed by atoms with Crippen molar-refractivity contribution < 1.29 is 4.39 Å². The molecule has 2 aromatic heterocycles. The summed E-state index contributed by atoms with van der Waals surface area (Å²) >= 11 is 0. The van der Waals surface area contributed by atoms with E-state index in [2.05, 4.69) is 10.3 Å². The highest BCUT2D eigenvalue weighted by Crippen LogP contribution is 2.23. The lowest BCUT2D eigenvalue weighted by molar-refractivity contribution is 0.553. The first-order valence-electron chi connectivity index (χ1n) is 7.09. The number of aromatic nitrogens is 2. The second-order valence-corrected chi connectivity index (χ2v) is 5.41. The first-order valence-corrected chi connectivity index (χ1v) is 7.09. The van der Waals surface area contributed by atoms with Gasteiger partial charge in [0, 0.05) is 30.5 Å². The molecule has 0 bridgehead atoms. The van der Waals surface area contributed by atoms with Crippen molar-refractivity contribution in [3.63, 3.8) is 0 Å². The maximum Gasteiger partial charge on any atom is 0.137 e. The summed E-state index contributed by atoms with van der Waals surface area (Å²) in [6, 6.07) is 11.5. The molecule has 3 nitrogen and oxygen atoms in total. The van der Waals surface area contributed by atoms with Crippen LogP contribution in [0.3, 0.4) is 0 Å². The standard InChI is InChI=1S/C17H18FN3/c1-12(2)20-11-14-10-13(6-7-15(14)18)16-4-3-5-17-19-8-9-21(16)17/h3-10,12,20H,11H2,1-2H3. The Morgan fingerprint density at radius 1 is 1.24 bits per heavy atom. The van der Waals surface area contributed by atoms with Crippen molar-refractivity contribution in [1.82, 2.24) is 14.7 Å². The van der Waals surface area contributed by atoms with E-state index in [1.165, 1.54) is 6.07 Å². The lowest BCUT2D eigenvalue weighted by Gasteiger charge is -2.11. The Kier molecular flexibility index (Phi) is 3.71. The molecule has 0 aliphatic heterocycles. The molecule has 0 saturated heterocycles. The van der Waals surface area contributed by atoms with E-state index in [1.807, 2.05) is 54.8 Å². The van der Waals surface area contributed by atoms with Gasteiger partial charge in [0.1, 0.15) is 11.5 Å². The number of halogens is 1. The number of rotatable bonds is 4. The Morgan fingerprint density at radius 2 is 2.10 bits per heavy atom. The van der Waals surface area contributed by atoms with Crippen LogP contribution in [0.2, 0.25) is 0 Å². The fraction of sp³-hybridized carbons (Fsp3) is 0.235. The number of hydrogen-bond donors (Lipinski definition) is 1. The zero-order chi connectivity index (χ0) is 14.8. The van der Waals surface area contributed by atoms with Crippen LogP contribution in [0.5, 0.6) is 0 Å². The first-order chi connectivity index (χ1) is 10.1. The molecule has 0 radical (unpaired) electrons. The summed E-state index contributed by atoms with van der Waals surface area (Å²) in [6.45, 7) is 4.62. The topological polar surface area (TPSA) is 29.3 Å². The third-order valence-electron chi connectivity index (χ3n) is 3.47. The molecule has 21 heavy (non-hydrogen) atoms. The molecule has 0 unspecified atom stereocenters. The van der Waals surface area contributed by atoms with Crippen molar-refractivity contribution in [3.05, 3.63) is 60.2 Å². The average molecular weight is 283 g/mol. The molecule has 0 atom stereocenters. The Morgan fingerprint density at radius 3 is 2.90 bits per heavy atom. The lowest BCUT2D eigenvalue weighted by atomic mass is 10.1. The molecule has 0 aliphatic carbocycles. The van der Waals surface area contributed by atoms with Gasteiger partial charge in [-0.15, -0.1) is 0 Å². The van der Waals surface area contributed by atoms with Crippen LogP contribution in [-0.2, 0) is 6.54 Å². The highest BCUT2D eigenvalue weighted by Gasteiger charge is 2.08. The van der Waals surface area contributed by atoms with Gasteiger partial charge in [0.15, 0.2) is 0 Å². The van der Waals surface area contributed by atoms with Crippen LogP contribution in [0, 0.1) is 5.82 Å². The fourth-order valence-electron chi connectivity index (χ4n) is 2.37. The zero-order valence-electron chi connectivity index (χ0n) is 12.2. The zero-order valence-corrected chi connectivity index (χ0v) is 12.2. The molecule has 0 spiro atoms. The minimum Gasteiger partial charge on any atom is -0.310 e. The van der Waals surface area contributed by atoms with Gasteiger partial charge >= 0.3 is 0 Å². The first kappa shape index (κ1) is 13.8. The van der Waals surface area contributed by atoms with Crippen LogP contribution >= 0.6 is 0 Å². The molecule has 3 aromatic rings. The molecule has 0 aliphatic rings. The van der Waals surface area contributed by atoms with E-state index in [0.717, 1.165) is 16.9 Å². The molecule has 1 N–H and O–H groups in total. The summed E-state index contributed by atoms with van der Waals surface area (Å²) in [5.74, 6) is -0.176. The smallest absolute Gasteiger partial charge is 0.137 e. The van der Waals surface area contributed by atoms with E-state index in [4.69, 9.17) is 0 Å². The molecule has 108 valence electrons. The Balaban J connectivity index is 2.02. The molecular weight excluding hydrogens is 265 g/mol. The van der Waals surface area contributed by atoms with Gasteiger partial charge in [-0.1, -0.05) is 19.9 Å². The molecule has 0 saturated carbocycles. The molecule has 1 aromatic carbocycles. The van der Waals surface area contributed by atoms with E-state index in [0.29, 0.717) is 18.2 Å². The predicted octanol–water partition coefficient (Wildman–Crippen LogP) is 3.64. The van der Waals surface area contributed by atoms with Gasteiger partial charge < -0.3 is 5.32 Å². The van der Waals surface area contributed by atoms with Crippen molar-refractivity contribution in [2.75, 3.05) is 0 Å². The van der Waals surface area contributed by atoms with Gasteiger partial charge in [0.25, 0.3) is 0 Å². The van der Waals surface area contributed by atoms with Crippen LogP contribution < -0.4 is 5.32 Å². The summed E-state index contributed by atoms with van der Waals surface area (Å²) in [6.07, 6.45) is 3.68. The van der Waals surface area contributed by atoms with E-state index in [9.17, 15) is 4.39 Å².